The molecule has 3 heteroatoms. The van der Waals surface area contributed by atoms with E-state index >= 15 is 0 Å². The summed E-state index contributed by atoms with van der Waals surface area (Å²) >= 11 is 6.24. The molecule has 92 valence electrons. The lowest BCUT2D eigenvalue weighted by molar-refractivity contribution is 0.326. The third-order valence-corrected chi connectivity index (χ3v) is 4.08. The number of likely N-dealkylation sites (tertiary alicyclic amines) is 1. The molecule has 1 saturated heterocycles. The lowest BCUT2D eigenvalue weighted by Crippen LogP contribution is -2.27. The highest BCUT2D eigenvalue weighted by Crippen LogP contribution is 2.31. The number of anilines is 1. The van der Waals surface area contributed by atoms with Crippen molar-refractivity contribution in [1.82, 2.24) is 4.90 Å². The molecule has 3 rings (SSSR count). The first kappa shape index (κ1) is 11.4. The Kier molecular flexibility index (Phi) is 3.01. The van der Waals surface area contributed by atoms with E-state index in [0.29, 0.717) is 6.04 Å². The Morgan fingerprint density at radius 2 is 2.12 bits per heavy atom. The molecule has 1 unspecified atom stereocenters. The summed E-state index contributed by atoms with van der Waals surface area (Å²) < 4.78 is 0. The first-order chi connectivity index (χ1) is 8.22. The predicted molar refractivity (Wildman–Crippen MR) is 72.8 cm³/mol. The van der Waals surface area contributed by atoms with Crippen LogP contribution in [0.15, 0.2) is 18.2 Å². The predicted octanol–water partition coefficient (Wildman–Crippen LogP) is 3.30. The molecular formula is C14H19ClN2. The summed E-state index contributed by atoms with van der Waals surface area (Å²) in [7, 11) is 0. The van der Waals surface area contributed by atoms with Crippen LogP contribution in [0.25, 0.3) is 0 Å². The van der Waals surface area contributed by atoms with Crippen molar-refractivity contribution in [2.45, 2.75) is 38.3 Å². The zero-order valence-electron chi connectivity index (χ0n) is 10.2. The van der Waals surface area contributed by atoms with Crippen molar-refractivity contribution in [3.63, 3.8) is 0 Å². The fourth-order valence-electron chi connectivity index (χ4n) is 2.63. The molecule has 1 atom stereocenters. The van der Waals surface area contributed by atoms with Gasteiger partial charge in [-0.3, -0.25) is 4.90 Å². The van der Waals surface area contributed by atoms with E-state index in [1.807, 2.05) is 6.07 Å². The maximum atomic E-state index is 6.24. The summed E-state index contributed by atoms with van der Waals surface area (Å²) in [5.74, 6) is 0. The molecule has 1 aromatic carbocycles. The molecular weight excluding hydrogens is 232 g/mol. The third-order valence-electron chi connectivity index (χ3n) is 3.77. The summed E-state index contributed by atoms with van der Waals surface area (Å²) in [5.41, 5.74) is 2.30. The second-order valence-electron chi connectivity index (χ2n) is 5.34. The fourth-order valence-corrected chi connectivity index (χ4v) is 2.92. The average molecular weight is 251 g/mol. The van der Waals surface area contributed by atoms with Gasteiger partial charge in [-0.05, 0) is 43.9 Å². The standard InChI is InChI=1S/C14H19ClN2/c1-10-2-5-14(13(15)8-10)16-11-6-7-17(9-11)12-3-4-12/h2,5,8,11-12,16H,3-4,6-7,9H2,1H3. The van der Waals surface area contributed by atoms with Crippen LogP contribution < -0.4 is 5.32 Å². The maximum Gasteiger partial charge on any atom is 0.0640 e. The van der Waals surface area contributed by atoms with Crippen molar-refractivity contribution in [2.75, 3.05) is 18.4 Å². The molecule has 1 heterocycles. The zero-order valence-corrected chi connectivity index (χ0v) is 11.0. The van der Waals surface area contributed by atoms with Gasteiger partial charge in [-0.2, -0.15) is 0 Å². The Morgan fingerprint density at radius 1 is 1.29 bits per heavy atom. The number of benzene rings is 1. The van der Waals surface area contributed by atoms with Crippen molar-refractivity contribution < 1.29 is 0 Å². The zero-order chi connectivity index (χ0) is 11.8. The quantitative estimate of drug-likeness (QED) is 0.886. The van der Waals surface area contributed by atoms with E-state index in [2.05, 4.69) is 29.3 Å². The first-order valence-corrected chi connectivity index (χ1v) is 6.87. The molecule has 0 aromatic heterocycles. The number of hydrogen-bond acceptors (Lipinski definition) is 2. The van der Waals surface area contributed by atoms with Crippen molar-refractivity contribution in [3.8, 4) is 0 Å². The summed E-state index contributed by atoms with van der Waals surface area (Å²) in [5, 5.41) is 4.42. The molecule has 2 aliphatic rings. The van der Waals surface area contributed by atoms with Gasteiger partial charge in [0.15, 0.2) is 0 Å². The van der Waals surface area contributed by atoms with Gasteiger partial charge in [0.25, 0.3) is 0 Å². The van der Waals surface area contributed by atoms with Gasteiger partial charge < -0.3 is 5.32 Å². The minimum Gasteiger partial charge on any atom is -0.380 e. The highest BCUT2D eigenvalue weighted by molar-refractivity contribution is 6.33. The molecule has 0 amide bonds. The molecule has 0 bridgehead atoms. The van der Waals surface area contributed by atoms with Crippen LogP contribution in [-0.2, 0) is 0 Å². The Morgan fingerprint density at radius 3 is 2.82 bits per heavy atom. The van der Waals surface area contributed by atoms with Crippen LogP contribution in [-0.4, -0.2) is 30.1 Å². The van der Waals surface area contributed by atoms with E-state index in [1.54, 1.807) is 0 Å². The Labute approximate surface area is 108 Å². The number of halogens is 1. The molecule has 1 aromatic rings. The molecule has 0 spiro atoms. The molecule has 2 fully saturated rings. The minimum absolute atomic E-state index is 0.566. The normalized spacial score (nSPS) is 25.2. The van der Waals surface area contributed by atoms with Crippen LogP contribution in [0.1, 0.15) is 24.8 Å². The van der Waals surface area contributed by atoms with Gasteiger partial charge in [0.2, 0.25) is 0 Å². The van der Waals surface area contributed by atoms with Crippen LogP contribution in [0.4, 0.5) is 5.69 Å². The average Bonchev–Trinajstić information content (AvgIpc) is 3.04. The van der Waals surface area contributed by atoms with E-state index in [1.165, 1.54) is 37.9 Å². The number of aryl methyl sites for hydroxylation is 1. The van der Waals surface area contributed by atoms with Crippen molar-refractivity contribution >= 4 is 17.3 Å². The molecule has 1 aliphatic heterocycles. The largest absolute Gasteiger partial charge is 0.380 e. The summed E-state index contributed by atoms with van der Waals surface area (Å²) in [6.45, 7) is 4.49. The molecule has 1 N–H and O–H groups in total. The van der Waals surface area contributed by atoms with Gasteiger partial charge >= 0.3 is 0 Å². The second-order valence-corrected chi connectivity index (χ2v) is 5.75. The van der Waals surface area contributed by atoms with E-state index in [-0.39, 0.29) is 0 Å². The highest BCUT2D eigenvalue weighted by atomic mass is 35.5. The van der Waals surface area contributed by atoms with Gasteiger partial charge in [0.1, 0.15) is 0 Å². The van der Waals surface area contributed by atoms with E-state index in [4.69, 9.17) is 11.6 Å². The molecule has 17 heavy (non-hydrogen) atoms. The van der Waals surface area contributed by atoms with Crippen molar-refractivity contribution in [1.29, 1.82) is 0 Å². The topological polar surface area (TPSA) is 15.3 Å². The maximum absolute atomic E-state index is 6.24. The lowest BCUT2D eigenvalue weighted by Gasteiger charge is -2.17. The smallest absolute Gasteiger partial charge is 0.0640 e. The first-order valence-electron chi connectivity index (χ1n) is 6.49. The Bertz CT molecular complexity index is 415. The van der Waals surface area contributed by atoms with Crippen LogP contribution >= 0.6 is 11.6 Å². The Balaban J connectivity index is 1.63. The summed E-state index contributed by atoms with van der Waals surface area (Å²) in [6, 6.07) is 7.68. The Hall–Kier alpha value is -0.730. The van der Waals surface area contributed by atoms with Crippen LogP contribution in [0.3, 0.4) is 0 Å². The summed E-state index contributed by atoms with van der Waals surface area (Å²) in [6.07, 6.45) is 4.04. The third kappa shape index (κ3) is 2.58. The van der Waals surface area contributed by atoms with E-state index in [0.717, 1.165) is 16.8 Å². The fraction of sp³-hybridized carbons (Fsp3) is 0.571. The van der Waals surface area contributed by atoms with Crippen molar-refractivity contribution in [2.24, 2.45) is 0 Å². The number of hydrogen-bond donors (Lipinski definition) is 1. The molecule has 1 saturated carbocycles. The van der Waals surface area contributed by atoms with Gasteiger partial charge in [-0.15, -0.1) is 0 Å². The van der Waals surface area contributed by atoms with Gasteiger partial charge in [0.05, 0.1) is 10.7 Å². The lowest BCUT2D eigenvalue weighted by atomic mass is 10.2. The van der Waals surface area contributed by atoms with Crippen LogP contribution in [0.5, 0.6) is 0 Å². The minimum atomic E-state index is 0.566. The number of nitrogens with one attached hydrogen (secondary N) is 1. The number of nitrogens with zero attached hydrogens (tertiary/aromatic N) is 1. The number of rotatable bonds is 3. The van der Waals surface area contributed by atoms with Gasteiger partial charge in [-0.1, -0.05) is 17.7 Å². The van der Waals surface area contributed by atoms with Gasteiger partial charge in [0, 0.05) is 25.2 Å². The van der Waals surface area contributed by atoms with Crippen molar-refractivity contribution in [3.05, 3.63) is 28.8 Å². The van der Waals surface area contributed by atoms with E-state index < -0.39 is 0 Å². The van der Waals surface area contributed by atoms with Gasteiger partial charge in [-0.25, -0.2) is 0 Å². The highest BCUT2D eigenvalue weighted by Gasteiger charge is 2.34. The monoisotopic (exact) mass is 250 g/mol. The van der Waals surface area contributed by atoms with Crippen LogP contribution in [0, 0.1) is 6.92 Å². The van der Waals surface area contributed by atoms with E-state index in [9.17, 15) is 0 Å². The summed E-state index contributed by atoms with van der Waals surface area (Å²) in [4.78, 5) is 2.61. The molecule has 2 nitrogen and oxygen atoms in total. The molecule has 1 aliphatic carbocycles. The second kappa shape index (κ2) is 4.51. The molecule has 0 radical (unpaired) electrons. The van der Waals surface area contributed by atoms with Crippen LogP contribution in [0.2, 0.25) is 5.02 Å². The SMILES string of the molecule is Cc1ccc(NC2CCN(C3CC3)C2)c(Cl)c1.